The van der Waals surface area contributed by atoms with Crippen molar-refractivity contribution in [1.82, 2.24) is 30.2 Å². The first kappa shape index (κ1) is 50.0. The van der Waals surface area contributed by atoms with Crippen molar-refractivity contribution in [2.75, 3.05) is 20.2 Å². The Morgan fingerprint density at radius 1 is 1.05 bits per heavy atom. The molecule has 3 saturated carbocycles. The van der Waals surface area contributed by atoms with Gasteiger partial charge in [0.1, 0.15) is 29.6 Å². The topological polar surface area (TPSA) is 217 Å². The highest BCUT2D eigenvalue weighted by atomic mass is 32.2. The fourth-order valence-corrected chi connectivity index (χ4v) is 8.64. The van der Waals surface area contributed by atoms with Crippen LogP contribution in [0.3, 0.4) is 0 Å². The SMILES string of the molecule is CC.CC(C)C.CC1(S(=O)(=O)NC(=O)[C@@]2(NC(=O)[C@@H]3CCCN3C(=O)CNC(=O)O)C[C@H]2C(F)F)CC1.COc1ccc2nc(CCCCCC3CCCC3)c(=O)[nH]c2c1.[HH].[HH].[HH]. The van der Waals surface area contributed by atoms with Crippen LogP contribution >= 0.6 is 0 Å². The van der Waals surface area contributed by atoms with Crippen LogP contribution in [0.2, 0.25) is 0 Å². The highest BCUT2D eigenvalue weighted by Crippen LogP contribution is 2.49. The summed E-state index contributed by atoms with van der Waals surface area (Å²) in [5, 5.41) is 12.8. The quantitative estimate of drug-likeness (QED) is 0.115. The molecule has 60 heavy (non-hydrogen) atoms. The van der Waals surface area contributed by atoms with Gasteiger partial charge in [-0.05, 0) is 75.8 Å². The molecule has 1 aliphatic heterocycles. The van der Waals surface area contributed by atoms with Crippen molar-refractivity contribution in [3.8, 4) is 5.75 Å². The summed E-state index contributed by atoms with van der Waals surface area (Å²) in [4.78, 5) is 68.9. The van der Waals surface area contributed by atoms with Gasteiger partial charge in [0.25, 0.3) is 11.5 Å². The molecule has 3 atom stereocenters. The van der Waals surface area contributed by atoms with Crippen molar-refractivity contribution >= 4 is 44.9 Å². The van der Waals surface area contributed by atoms with E-state index in [0.717, 1.165) is 46.4 Å². The number of unbranched alkanes of at least 4 members (excludes halogenated alkanes) is 2. The number of halogens is 2. The van der Waals surface area contributed by atoms with Crippen LogP contribution in [0.4, 0.5) is 13.6 Å². The Morgan fingerprint density at radius 3 is 2.27 bits per heavy atom. The van der Waals surface area contributed by atoms with Gasteiger partial charge in [0.05, 0.1) is 28.8 Å². The van der Waals surface area contributed by atoms with Gasteiger partial charge in [-0.2, -0.15) is 0 Å². The van der Waals surface area contributed by atoms with E-state index in [2.05, 4.69) is 36.1 Å². The predicted molar refractivity (Wildman–Crippen MR) is 232 cm³/mol. The zero-order valence-corrected chi connectivity index (χ0v) is 37.0. The molecule has 4 fully saturated rings. The minimum Gasteiger partial charge on any atom is -0.497 e. The largest absolute Gasteiger partial charge is 0.497 e. The average Bonchev–Trinajstić information content (AvgIpc) is 3.96. The van der Waals surface area contributed by atoms with Crippen molar-refractivity contribution in [3.05, 3.63) is 34.2 Å². The Kier molecular flexibility index (Phi) is 18.7. The van der Waals surface area contributed by atoms with Crippen LogP contribution in [0.25, 0.3) is 11.0 Å². The number of hydrogen-bond donors (Lipinski definition) is 5. The number of aromatic amines is 1. The number of benzene rings is 1. The number of methoxy groups -OCH3 is 1. The number of nitrogens with one attached hydrogen (secondary N) is 4. The minimum atomic E-state index is -4.10. The van der Waals surface area contributed by atoms with Gasteiger partial charge in [-0.1, -0.05) is 79.6 Å². The first-order chi connectivity index (χ1) is 28.3. The lowest BCUT2D eigenvalue weighted by molar-refractivity contribution is -0.139. The molecule has 15 nitrogen and oxygen atoms in total. The molecule has 1 aromatic heterocycles. The van der Waals surface area contributed by atoms with Crippen LogP contribution in [-0.4, -0.2) is 95.2 Å². The van der Waals surface area contributed by atoms with Crippen molar-refractivity contribution < 1.29 is 50.5 Å². The number of ether oxygens (including phenoxy) is 1. The second-order valence-electron chi connectivity index (χ2n) is 16.8. The van der Waals surface area contributed by atoms with E-state index in [4.69, 9.17) is 9.84 Å². The summed E-state index contributed by atoms with van der Waals surface area (Å²) in [7, 11) is -2.48. The number of aryl methyl sites for hydroxylation is 1. The lowest BCUT2D eigenvalue weighted by Gasteiger charge is -2.27. The Labute approximate surface area is 357 Å². The van der Waals surface area contributed by atoms with Crippen molar-refractivity contribution in [2.45, 2.75) is 154 Å². The summed E-state index contributed by atoms with van der Waals surface area (Å²) in [5.74, 6) is -1.79. The number of carbonyl (C=O) groups excluding carboxylic acids is 3. The normalized spacial score (nSPS) is 21.4. The van der Waals surface area contributed by atoms with E-state index >= 15 is 0 Å². The van der Waals surface area contributed by atoms with Crippen LogP contribution < -0.4 is 25.7 Å². The number of likely N-dealkylation sites (tertiary alicyclic amines) is 1. The van der Waals surface area contributed by atoms with E-state index in [1.54, 1.807) is 7.11 Å². The molecule has 0 unspecified atom stereocenters. The van der Waals surface area contributed by atoms with E-state index in [9.17, 15) is 41.2 Å². The first-order valence-corrected chi connectivity index (χ1v) is 22.8. The third-order valence-corrected chi connectivity index (χ3v) is 13.3. The number of H-pyrrole nitrogens is 1. The predicted octanol–water partition coefficient (Wildman–Crippen LogP) is 7.03. The fourth-order valence-electron chi connectivity index (χ4n) is 7.33. The molecule has 18 heteroatoms. The van der Waals surface area contributed by atoms with Gasteiger partial charge in [-0.15, -0.1) is 0 Å². The smallest absolute Gasteiger partial charge is 0.405 e. The first-order valence-electron chi connectivity index (χ1n) is 21.3. The molecular formula is C42H72F2N6O9S. The number of nitrogens with zero attached hydrogens (tertiary/aromatic N) is 2. The van der Waals surface area contributed by atoms with E-state index < -0.39 is 75.5 Å². The summed E-state index contributed by atoms with van der Waals surface area (Å²) in [6.45, 7) is 11.5. The van der Waals surface area contributed by atoms with E-state index in [1.165, 1.54) is 51.9 Å². The summed E-state index contributed by atoms with van der Waals surface area (Å²) in [6.07, 6.45) is 7.79. The molecule has 0 spiro atoms. The molecule has 4 aliphatic rings. The molecule has 6 rings (SSSR count). The summed E-state index contributed by atoms with van der Waals surface area (Å²) >= 11 is 0. The van der Waals surface area contributed by atoms with Gasteiger partial charge >= 0.3 is 6.09 Å². The maximum atomic E-state index is 13.4. The van der Waals surface area contributed by atoms with Crippen LogP contribution in [0.15, 0.2) is 23.0 Å². The Morgan fingerprint density at radius 2 is 1.70 bits per heavy atom. The van der Waals surface area contributed by atoms with Gasteiger partial charge in [-0.3, -0.25) is 23.9 Å². The van der Waals surface area contributed by atoms with Crippen molar-refractivity contribution in [1.29, 1.82) is 0 Å². The van der Waals surface area contributed by atoms with Gasteiger partial charge in [0.2, 0.25) is 28.3 Å². The number of alkyl halides is 2. The van der Waals surface area contributed by atoms with Crippen LogP contribution in [0, 0.1) is 17.8 Å². The van der Waals surface area contributed by atoms with Gasteiger partial charge in [0, 0.05) is 16.9 Å². The highest BCUT2D eigenvalue weighted by Gasteiger charge is 2.67. The van der Waals surface area contributed by atoms with Crippen LogP contribution in [0.1, 0.15) is 135 Å². The monoisotopic (exact) mass is 875 g/mol. The number of hydrogen-bond acceptors (Lipinski definition) is 9. The van der Waals surface area contributed by atoms with Crippen LogP contribution in [0.5, 0.6) is 5.75 Å². The molecule has 3 aliphatic carbocycles. The third kappa shape index (κ3) is 13.8. The van der Waals surface area contributed by atoms with Crippen molar-refractivity contribution in [2.24, 2.45) is 17.8 Å². The molecular weight excluding hydrogens is 803 g/mol. The standard InChI is InChI=1S/C19H26N2O2.C17H24F2N4O7S.C4H10.C2H6.3H2/c1-23-15-11-12-16-18(13-15)21-19(22)17(20-16)10-4-2-3-7-14-8-5-6-9-14;1-16(4-5-16)31(29,30)22-14(26)17(7-9(17)12(18)19)21-13(25)10-3-2-6-23(10)11(24)8-20-15(27)28;1-4(2)3;1-2;;;/h11-14H,2-10H2,1H3,(H,21,22);9-10,12,20H,2-8H2,1H3,(H,21,25)(H,22,26)(H,27,28);4H,1-3H3;1-2H3;3*1H/t;9-,10-,17+;;;;;/m.0...../s1. The lowest BCUT2D eigenvalue weighted by Crippen LogP contribution is -2.58. The molecule has 1 saturated heterocycles. The summed E-state index contributed by atoms with van der Waals surface area (Å²) in [6, 6.07) is 4.51. The molecule has 2 aromatic rings. The fraction of sp³-hybridized carbons (Fsp3) is 0.714. The number of rotatable bonds is 15. The molecule has 0 radical (unpaired) electrons. The lowest BCUT2D eigenvalue weighted by atomic mass is 9.99. The molecule has 5 N–H and O–H groups in total. The zero-order chi connectivity index (χ0) is 44.8. The third-order valence-electron chi connectivity index (χ3n) is 11.1. The van der Waals surface area contributed by atoms with Gasteiger partial charge in [-0.25, -0.2) is 27.0 Å². The second-order valence-corrected chi connectivity index (χ2v) is 19.0. The van der Waals surface area contributed by atoms with Gasteiger partial charge < -0.3 is 30.4 Å². The average molecular weight is 875 g/mol. The number of carboxylic acid groups (broad SMARTS) is 1. The maximum Gasteiger partial charge on any atom is 0.405 e. The van der Waals surface area contributed by atoms with E-state index in [-0.39, 0.29) is 22.8 Å². The van der Waals surface area contributed by atoms with E-state index in [1.807, 2.05) is 42.1 Å². The molecule has 344 valence electrons. The molecule has 0 bridgehead atoms. The zero-order valence-electron chi connectivity index (χ0n) is 36.2. The number of fused-ring (bicyclic) bond motifs is 1. The number of carbonyl (C=O) groups is 4. The van der Waals surface area contributed by atoms with Crippen LogP contribution in [-0.2, 0) is 30.8 Å². The molecule has 1 aromatic carbocycles. The number of aromatic nitrogens is 2. The number of amides is 4. The van der Waals surface area contributed by atoms with Gasteiger partial charge in [0.15, 0.2) is 0 Å². The maximum absolute atomic E-state index is 13.4. The Balaban J connectivity index is 0.00000107. The van der Waals surface area contributed by atoms with Crippen molar-refractivity contribution in [3.63, 3.8) is 0 Å². The molecule has 2 heterocycles. The Hall–Kier alpha value is -4.35. The number of sulfonamides is 1. The summed E-state index contributed by atoms with van der Waals surface area (Å²) in [5.41, 5.74) is 0.0657. The minimum absolute atomic E-state index is 0. The van der Waals surface area contributed by atoms with E-state index in [0.29, 0.717) is 25.0 Å². The molecule has 4 amide bonds. The summed E-state index contributed by atoms with van der Waals surface area (Å²) < 4.78 is 57.3. The Bertz CT molecular complexity index is 1950. The second kappa shape index (κ2) is 22.5. The highest BCUT2D eigenvalue weighted by molar-refractivity contribution is 7.91.